The fourth-order valence-corrected chi connectivity index (χ4v) is 5.86. The zero-order chi connectivity index (χ0) is 28.9. The van der Waals surface area contributed by atoms with Crippen LogP contribution in [0.3, 0.4) is 0 Å². The number of rotatable bonds is 3. The van der Waals surface area contributed by atoms with Crippen LogP contribution in [0.2, 0.25) is 0 Å². The third kappa shape index (κ3) is 4.45. The standard InChI is InChI=1S/C39H28N2O2/c1-24-8-12-27(13-9-24)38-30-17-16-29(40-30)33-20-21-34(42-33)37(26-6-4-3-5-7-26)31-18-19-32(41-31)39(36-23-22-35(38)43-36)28-14-10-25(2)11-15-28/h3-23,40H,1-2H3. The molecule has 0 unspecified atom stereocenters. The van der Waals surface area contributed by atoms with Crippen molar-refractivity contribution >= 4 is 45.5 Å². The van der Waals surface area contributed by atoms with Crippen molar-refractivity contribution in [3.05, 3.63) is 138 Å². The Morgan fingerprint density at radius 2 is 0.907 bits per heavy atom. The number of aryl methyl sites for hydroxylation is 2. The van der Waals surface area contributed by atoms with E-state index in [0.29, 0.717) is 0 Å². The molecule has 8 rings (SSSR count). The van der Waals surface area contributed by atoms with Gasteiger partial charge in [0, 0.05) is 5.56 Å². The van der Waals surface area contributed by atoms with E-state index in [1.165, 1.54) is 11.1 Å². The number of aromatic amines is 1. The minimum Gasteiger partial charge on any atom is -0.456 e. The lowest BCUT2D eigenvalue weighted by Gasteiger charge is -2.05. The second kappa shape index (κ2) is 10.0. The third-order valence-electron chi connectivity index (χ3n) is 8.07. The SMILES string of the molecule is Cc1ccc(-c2c3nc(c(-c4ccccc4)c4ccc(o4)c4ccc([nH]4)c(-c4ccc(C)cc4)c4ccc2o4)C=C3)cc1. The molecule has 0 aliphatic carbocycles. The molecular weight excluding hydrogens is 528 g/mol. The van der Waals surface area contributed by atoms with Crippen LogP contribution in [0.25, 0.3) is 78.9 Å². The molecule has 0 saturated carbocycles. The maximum absolute atomic E-state index is 6.76. The molecule has 4 nitrogen and oxygen atoms in total. The van der Waals surface area contributed by atoms with Crippen LogP contribution in [-0.2, 0) is 0 Å². The van der Waals surface area contributed by atoms with Crippen LogP contribution in [0.5, 0.6) is 0 Å². The molecule has 0 amide bonds. The highest BCUT2D eigenvalue weighted by atomic mass is 16.3. The molecule has 5 heterocycles. The molecule has 0 saturated heterocycles. The summed E-state index contributed by atoms with van der Waals surface area (Å²) >= 11 is 0. The van der Waals surface area contributed by atoms with Crippen molar-refractivity contribution in [2.45, 2.75) is 13.8 Å². The molecule has 0 spiro atoms. The summed E-state index contributed by atoms with van der Waals surface area (Å²) in [5, 5.41) is 0. The van der Waals surface area contributed by atoms with Gasteiger partial charge < -0.3 is 13.8 Å². The Morgan fingerprint density at radius 1 is 0.442 bits per heavy atom. The van der Waals surface area contributed by atoms with Crippen molar-refractivity contribution in [1.82, 2.24) is 9.97 Å². The fourth-order valence-electron chi connectivity index (χ4n) is 5.86. The van der Waals surface area contributed by atoms with Crippen LogP contribution >= 0.6 is 0 Å². The van der Waals surface area contributed by atoms with E-state index in [9.17, 15) is 0 Å². The van der Waals surface area contributed by atoms with Gasteiger partial charge in [0.15, 0.2) is 5.58 Å². The Balaban J connectivity index is 1.56. The van der Waals surface area contributed by atoms with Gasteiger partial charge in [0.25, 0.3) is 0 Å². The van der Waals surface area contributed by atoms with Crippen molar-refractivity contribution in [2.75, 3.05) is 0 Å². The Bertz CT molecular complexity index is 2280. The zero-order valence-corrected chi connectivity index (χ0v) is 23.9. The first-order chi connectivity index (χ1) is 21.1. The fraction of sp³-hybridized carbons (Fsp3) is 0.0513. The van der Waals surface area contributed by atoms with Crippen molar-refractivity contribution in [2.24, 2.45) is 0 Å². The van der Waals surface area contributed by atoms with Gasteiger partial charge in [-0.3, -0.25) is 0 Å². The number of nitrogens with one attached hydrogen (secondary N) is 1. The highest BCUT2D eigenvalue weighted by Gasteiger charge is 2.17. The first-order valence-corrected chi connectivity index (χ1v) is 14.5. The summed E-state index contributed by atoms with van der Waals surface area (Å²) in [5.74, 6) is 0. The number of benzene rings is 3. The topological polar surface area (TPSA) is 55.0 Å². The molecule has 7 aromatic rings. The summed E-state index contributed by atoms with van der Waals surface area (Å²) in [6.45, 7) is 4.20. The van der Waals surface area contributed by atoms with Gasteiger partial charge in [-0.2, -0.15) is 0 Å². The lowest BCUT2D eigenvalue weighted by Crippen LogP contribution is -1.86. The Hall–Kier alpha value is -5.61. The molecule has 8 bridgehead atoms. The maximum Gasteiger partial charge on any atom is 0.151 e. The highest BCUT2D eigenvalue weighted by Crippen LogP contribution is 2.38. The van der Waals surface area contributed by atoms with Crippen molar-refractivity contribution in [3.63, 3.8) is 0 Å². The van der Waals surface area contributed by atoms with E-state index >= 15 is 0 Å². The Kier molecular flexibility index (Phi) is 5.86. The van der Waals surface area contributed by atoms with Crippen LogP contribution in [0.15, 0.2) is 124 Å². The van der Waals surface area contributed by atoms with E-state index in [1.807, 2.05) is 30.3 Å². The average Bonchev–Trinajstić information content (AvgIpc) is 3.85. The molecule has 206 valence electrons. The van der Waals surface area contributed by atoms with Gasteiger partial charge in [-0.05, 0) is 79.1 Å². The van der Waals surface area contributed by atoms with Gasteiger partial charge in [0.1, 0.15) is 16.7 Å². The third-order valence-corrected chi connectivity index (χ3v) is 8.07. The predicted octanol–water partition coefficient (Wildman–Crippen LogP) is 10.8. The van der Waals surface area contributed by atoms with Crippen LogP contribution in [0.1, 0.15) is 22.5 Å². The van der Waals surface area contributed by atoms with E-state index in [-0.39, 0.29) is 0 Å². The second-order valence-corrected chi connectivity index (χ2v) is 11.1. The maximum atomic E-state index is 6.76. The summed E-state index contributed by atoms with van der Waals surface area (Å²) in [7, 11) is 0. The highest BCUT2D eigenvalue weighted by molar-refractivity contribution is 5.97. The molecule has 1 aliphatic heterocycles. The Labute approximate surface area is 248 Å². The van der Waals surface area contributed by atoms with E-state index < -0.39 is 0 Å². The Morgan fingerprint density at radius 3 is 1.51 bits per heavy atom. The van der Waals surface area contributed by atoms with Crippen LogP contribution in [0.4, 0.5) is 0 Å². The van der Waals surface area contributed by atoms with Gasteiger partial charge in [0.05, 0.1) is 33.5 Å². The number of H-pyrrole nitrogens is 1. The smallest absolute Gasteiger partial charge is 0.151 e. The van der Waals surface area contributed by atoms with Crippen molar-refractivity contribution in [3.8, 4) is 33.4 Å². The number of fused-ring (bicyclic) bond motifs is 9. The summed E-state index contributed by atoms with van der Waals surface area (Å²) in [6, 6.07) is 39.7. The molecule has 4 heteroatoms. The first kappa shape index (κ1) is 25.1. The molecule has 1 N–H and O–H groups in total. The first-order valence-electron chi connectivity index (χ1n) is 14.5. The number of furan rings is 2. The van der Waals surface area contributed by atoms with Crippen LogP contribution < -0.4 is 0 Å². The number of aromatic nitrogens is 2. The van der Waals surface area contributed by atoms with E-state index in [2.05, 4.69) is 116 Å². The monoisotopic (exact) mass is 556 g/mol. The molecule has 1 aliphatic rings. The van der Waals surface area contributed by atoms with Crippen molar-refractivity contribution in [1.29, 1.82) is 0 Å². The summed E-state index contributed by atoms with van der Waals surface area (Å²) in [4.78, 5) is 8.84. The molecule has 0 fully saturated rings. The minimum atomic E-state index is 0.756. The van der Waals surface area contributed by atoms with Crippen LogP contribution in [-0.4, -0.2) is 9.97 Å². The van der Waals surface area contributed by atoms with Gasteiger partial charge in [-0.15, -0.1) is 0 Å². The normalized spacial score (nSPS) is 11.9. The van der Waals surface area contributed by atoms with E-state index in [1.54, 1.807) is 0 Å². The van der Waals surface area contributed by atoms with Crippen molar-refractivity contribution < 1.29 is 8.83 Å². The molecule has 0 radical (unpaired) electrons. The zero-order valence-electron chi connectivity index (χ0n) is 23.9. The number of nitrogens with zero attached hydrogens (tertiary/aromatic N) is 1. The minimum absolute atomic E-state index is 0.756. The molecule has 3 aromatic carbocycles. The largest absolute Gasteiger partial charge is 0.456 e. The predicted molar refractivity (Wildman–Crippen MR) is 177 cm³/mol. The number of hydrogen-bond donors (Lipinski definition) is 1. The van der Waals surface area contributed by atoms with Gasteiger partial charge in [-0.1, -0.05) is 90.0 Å². The van der Waals surface area contributed by atoms with E-state index in [4.69, 9.17) is 13.8 Å². The molecular formula is C39H28N2O2. The lowest BCUT2D eigenvalue weighted by atomic mass is 10.0. The molecule has 0 atom stereocenters. The lowest BCUT2D eigenvalue weighted by molar-refractivity contribution is 0.668. The van der Waals surface area contributed by atoms with Gasteiger partial charge in [0.2, 0.25) is 0 Å². The average molecular weight is 557 g/mol. The molecule has 43 heavy (non-hydrogen) atoms. The van der Waals surface area contributed by atoms with Gasteiger partial charge in [-0.25, -0.2) is 4.98 Å². The van der Waals surface area contributed by atoms with Gasteiger partial charge >= 0.3 is 0 Å². The van der Waals surface area contributed by atoms with Crippen LogP contribution in [0, 0.1) is 13.8 Å². The number of hydrogen-bond acceptors (Lipinski definition) is 3. The quantitative estimate of drug-likeness (QED) is 0.235. The summed E-state index contributed by atoms with van der Waals surface area (Å²) < 4.78 is 13.3. The summed E-state index contributed by atoms with van der Waals surface area (Å²) in [5.41, 5.74) is 15.0. The van der Waals surface area contributed by atoms with E-state index in [0.717, 1.165) is 78.1 Å². The molecule has 4 aromatic heterocycles. The summed E-state index contributed by atoms with van der Waals surface area (Å²) in [6.07, 6.45) is 4.15. The second-order valence-electron chi connectivity index (χ2n) is 11.1.